The van der Waals surface area contributed by atoms with Crippen LogP contribution in [0.2, 0.25) is 0 Å². The Bertz CT molecular complexity index is 1040. The molecule has 0 spiro atoms. The number of hydrazone groups is 1. The molecule has 4 rings (SSSR count). The molecule has 0 unspecified atom stereocenters. The lowest BCUT2D eigenvalue weighted by Crippen LogP contribution is -2.29. The Morgan fingerprint density at radius 1 is 0.900 bits per heavy atom. The highest BCUT2D eigenvalue weighted by Gasteiger charge is 2.39. The normalized spacial score (nSPS) is 17.6. The third-order valence-corrected chi connectivity index (χ3v) is 5.50. The smallest absolute Gasteiger partial charge is 0.258 e. The number of rotatable bonds is 5. The van der Waals surface area contributed by atoms with Crippen molar-refractivity contribution in [3.63, 3.8) is 0 Å². The number of nitrogens with zero attached hydrogens (tertiary/aromatic N) is 3. The maximum atomic E-state index is 13.0. The van der Waals surface area contributed by atoms with Crippen molar-refractivity contribution in [3.8, 4) is 0 Å². The van der Waals surface area contributed by atoms with E-state index in [-0.39, 0.29) is 12.1 Å². The Labute approximate surface area is 178 Å². The minimum Gasteiger partial charge on any atom is -0.271 e. The lowest BCUT2D eigenvalue weighted by molar-refractivity contribution is -0.128. The fraction of sp³-hybridized carbons (Fsp3) is 0.231. The minimum absolute atomic E-state index is 0.0166. The Morgan fingerprint density at radius 2 is 1.50 bits per heavy atom. The summed E-state index contributed by atoms with van der Waals surface area (Å²) in [7, 11) is 0. The van der Waals surface area contributed by atoms with Crippen LogP contribution in [0.25, 0.3) is 0 Å². The molecule has 0 aromatic heterocycles. The highest BCUT2D eigenvalue weighted by atomic mass is 16.2. The van der Waals surface area contributed by atoms with Crippen LogP contribution >= 0.6 is 0 Å². The Morgan fingerprint density at radius 3 is 2.13 bits per heavy atom. The van der Waals surface area contributed by atoms with Gasteiger partial charge in [0.15, 0.2) is 0 Å². The summed E-state index contributed by atoms with van der Waals surface area (Å²) in [5.41, 5.74) is 6.52. The molecule has 0 saturated carbocycles. The maximum Gasteiger partial charge on any atom is 0.258 e. The van der Waals surface area contributed by atoms with Gasteiger partial charge in [0.2, 0.25) is 0 Å². The minimum atomic E-state index is -0.223. The molecule has 0 N–H and O–H groups in total. The molecule has 0 bridgehead atoms. The van der Waals surface area contributed by atoms with Gasteiger partial charge in [-0.05, 0) is 37.5 Å². The molecule has 0 radical (unpaired) electrons. The predicted octanol–water partition coefficient (Wildman–Crippen LogP) is 5.07. The molecular formula is C26H27N3O. The largest absolute Gasteiger partial charge is 0.271 e. The zero-order valence-corrected chi connectivity index (χ0v) is 17.7. The average Bonchev–Trinajstić information content (AvgIpc) is 3.04. The predicted molar refractivity (Wildman–Crippen MR) is 121 cm³/mol. The van der Waals surface area contributed by atoms with E-state index in [4.69, 9.17) is 5.10 Å². The van der Waals surface area contributed by atoms with Crippen LogP contribution in [0.5, 0.6) is 0 Å². The molecule has 4 nitrogen and oxygen atoms in total. The fourth-order valence-electron chi connectivity index (χ4n) is 3.80. The SMILES string of the molecule is C/C(=N/N1C(=O)CN(Cc2ccccc2)[C@H]1c1ccc(C)cc1)c1ccc(C)cc1. The first-order valence-electron chi connectivity index (χ1n) is 10.3. The molecule has 1 aliphatic heterocycles. The van der Waals surface area contributed by atoms with Gasteiger partial charge >= 0.3 is 0 Å². The zero-order chi connectivity index (χ0) is 21.1. The molecule has 30 heavy (non-hydrogen) atoms. The molecule has 1 aliphatic rings. The topological polar surface area (TPSA) is 35.9 Å². The number of carbonyl (C=O) groups excluding carboxylic acids is 1. The van der Waals surface area contributed by atoms with Crippen LogP contribution in [0.4, 0.5) is 0 Å². The van der Waals surface area contributed by atoms with Crippen molar-refractivity contribution in [3.05, 3.63) is 107 Å². The molecule has 1 saturated heterocycles. The van der Waals surface area contributed by atoms with Gasteiger partial charge in [-0.2, -0.15) is 5.10 Å². The molecule has 4 heteroatoms. The molecule has 1 amide bonds. The summed E-state index contributed by atoms with van der Waals surface area (Å²) in [5, 5.41) is 6.44. The number of amides is 1. The third-order valence-electron chi connectivity index (χ3n) is 5.50. The van der Waals surface area contributed by atoms with Crippen molar-refractivity contribution >= 4 is 11.6 Å². The van der Waals surface area contributed by atoms with Gasteiger partial charge in [0, 0.05) is 6.54 Å². The summed E-state index contributed by atoms with van der Waals surface area (Å²) in [4.78, 5) is 15.2. The van der Waals surface area contributed by atoms with Crippen LogP contribution < -0.4 is 0 Å². The van der Waals surface area contributed by atoms with E-state index in [2.05, 4.69) is 79.4 Å². The first-order valence-corrected chi connectivity index (χ1v) is 10.3. The van der Waals surface area contributed by atoms with Gasteiger partial charge in [-0.1, -0.05) is 90.0 Å². The van der Waals surface area contributed by atoms with Crippen molar-refractivity contribution in [2.75, 3.05) is 6.54 Å². The van der Waals surface area contributed by atoms with E-state index in [1.807, 2.05) is 25.1 Å². The van der Waals surface area contributed by atoms with Gasteiger partial charge in [0.05, 0.1) is 12.3 Å². The number of benzene rings is 3. The lowest BCUT2D eigenvalue weighted by Gasteiger charge is -2.28. The van der Waals surface area contributed by atoms with Crippen LogP contribution in [0, 0.1) is 13.8 Å². The summed E-state index contributed by atoms with van der Waals surface area (Å²) in [6.07, 6.45) is -0.223. The van der Waals surface area contributed by atoms with E-state index in [0.717, 1.165) is 16.8 Å². The van der Waals surface area contributed by atoms with Crippen LogP contribution in [0.1, 0.15) is 40.9 Å². The van der Waals surface area contributed by atoms with E-state index < -0.39 is 0 Å². The summed E-state index contributed by atoms with van der Waals surface area (Å²) < 4.78 is 0. The summed E-state index contributed by atoms with van der Waals surface area (Å²) >= 11 is 0. The molecule has 1 heterocycles. The van der Waals surface area contributed by atoms with Crippen molar-refractivity contribution in [1.82, 2.24) is 9.91 Å². The first kappa shape index (κ1) is 20.0. The molecule has 1 fully saturated rings. The zero-order valence-electron chi connectivity index (χ0n) is 17.7. The second-order valence-electron chi connectivity index (χ2n) is 7.96. The van der Waals surface area contributed by atoms with Crippen LogP contribution in [-0.2, 0) is 11.3 Å². The number of carbonyl (C=O) groups is 1. The monoisotopic (exact) mass is 397 g/mol. The number of aryl methyl sites for hydroxylation is 2. The van der Waals surface area contributed by atoms with Gasteiger partial charge in [-0.15, -0.1) is 0 Å². The van der Waals surface area contributed by atoms with Crippen molar-refractivity contribution < 1.29 is 4.79 Å². The molecule has 3 aromatic carbocycles. The van der Waals surface area contributed by atoms with E-state index in [1.165, 1.54) is 16.7 Å². The van der Waals surface area contributed by atoms with E-state index in [1.54, 1.807) is 5.01 Å². The van der Waals surface area contributed by atoms with E-state index in [9.17, 15) is 4.79 Å². The fourth-order valence-corrected chi connectivity index (χ4v) is 3.80. The average molecular weight is 398 g/mol. The highest BCUT2D eigenvalue weighted by molar-refractivity contribution is 5.99. The van der Waals surface area contributed by atoms with Gasteiger partial charge < -0.3 is 0 Å². The van der Waals surface area contributed by atoms with Crippen LogP contribution in [-0.4, -0.2) is 28.1 Å². The molecule has 3 aromatic rings. The molecular weight excluding hydrogens is 370 g/mol. The van der Waals surface area contributed by atoms with Crippen LogP contribution in [0.15, 0.2) is 84.0 Å². The molecule has 1 atom stereocenters. The number of hydrogen-bond donors (Lipinski definition) is 0. The van der Waals surface area contributed by atoms with Gasteiger partial charge in [-0.3, -0.25) is 9.69 Å². The maximum absolute atomic E-state index is 13.0. The van der Waals surface area contributed by atoms with Crippen molar-refractivity contribution in [1.29, 1.82) is 0 Å². The van der Waals surface area contributed by atoms with Gasteiger partial charge in [0.1, 0.15) is 6.17 Å². The number of hydrogen-bond acceptors (Lipinski definition) is 3. The summed E-state index contributed by atoms with van der Waals surface area (Å²) in [6.45, 7) is 7.14. The third kappa shape index (κ3) is 4.34. The second kappa shape index (κ2) is 8.64. The Hall–Kier alpha value is -3.24. The van der Waals surface area contributed by atoms with E-state index >= 15 is 0 Å². The summed E-state index contributed by atoms with van der Waals surface area (Å²) in [6, 6.07) is 26.9. The lowest BCUT2D eigenvalue weighted by atomic mass is 10.1. The van der Waals surface area contributed by atoms with Crippen molar-refractivity contribution in [2.45, 2.75) is 33.5 Å². The highest BCUT2D eigenvalue weighted by Crippen LogP contribution is 2.33. The van der Waals surface area contributed by atoms with E-state index in [0.29, 0.717) is 13.1 Å². The first-order chi connectivity index (χ1) is 14.5. The standard InChI is InChI=1S/C26H27N3O/c1-19-9-13-23(14-10-19)21(3)27-29-25(30)18-28(17-22-7-5-4-6-8-22)26(29)24-15-11-20(2)12-16-24/h4-16,26H,17-18H2,1-3H3/b27-21-/t26-/m1/s1. The molecule has 0 aliphatic carbocycles. The molecule has 152 valence electrons. The Balaban J connectivity index is 1.69. The van der Waals surface area contributed by atoms with Gasteiger partial charge in [-0.25, -0.2) is 5.01 Å². The quantitative estimate of drug-likeness (QED) is 0.564. The Kier molecular flexibility index (Phi) is 5.77. The van der Waals surface area contributed by atoms with Crippen LogP contribution in [0.3, 0.4) is 0 Å². The second-order valence-corrected chi connectivity index (χ2v) is 7.96. The summed E-state index contributed by atoms with van der Waals surface area (Å²) in [5.74, 6) is 0.0166. The van der Waals surface area contributed by atoms with Gasteiger partial charge in [0.25, 0.3) is 5.91 Å². The van der Waals surface area contributed by atoms with Crippen molar-refractivity contribution in [2.24, 2.45) is 5.10 Å².